The van der Waals surface area contributed by atoms with Crippen molar-refractivity contribution < 1.29 is 4.79 Å². The molecular weight excluding hydrogens is 278 g/mol. The Labute approximate surface area is 128 Å². The van der Waals surface area contributed by atoms with E-state index in [1.165, 1.54) is 11.1 Å². The van der Waals surface area contributed by atoms with E-state index in [1.54, 1.807) is 12.3 Å². The van der Waals surface area contributed by atoms with Crippen molar-refractivity contribution in [1.82, 2.24) is 14.7 Å². The average molecular weight is 295 g/mol. The van der Waals surface area contributed by atoms with Crippen LogP contribution in [0, 0.1) is 11.8 Å². The minimum atomic E-state index is -0.216. The summed E-state index contributed by atoms with van der Waals surface area (Å²) in [7, 11) is 0. The molecule has 1 aliphatic carbocycles. The lowest BCUT2D eigenvalue weighted by Gasteiger charge is -2.17. The molecule has 2 aliphatic rings. The van der Waals surface area contributed by atoms with E-state index in [0.717, 1.165) is 13.1 Å². The van der Waals surface area contributed by atoms with Crippen molar-refractivity contribution >= 4 is 5.91 Å². The van der Waals surface area contributed by atoms with E-state index in [-0.39, 0.29) is 17.9 Å². The highest BCUT2D eigenvalue weighted by molar-refractivity contribution is 5.79. The summed E-state index contributed by atoms with van der Waals surface area (Å²) >= 11 is 0. The molecule has 5 nitrogen and oxygen atoms in total. The van der Waals surface area contributed by atoms with Crippen LogP contribution in [0.15, 0.2) is 47.4 Å². The van der Waals surface area contributed by atoms with Gasteiger partial charge in [-0.2, -0.15) is 9.78 Å². The van der Waals surface area contributed by atoms with Gasteiger partial charge < -0.3 is 4.90 Å². The van der Waals surface area contributed by atoms with Crippen LogP contribution in [-0.4, -0.2) is 33.7 Å². The molecule has 112 valence electrons. The molecular formula is C17H17N3O2. The predicted octanol–water partition coefficient (Wildman–Crippen LogP) is 1.25. The maximum absolute atomic E-state index is 12.5. The largest absolute Gasteiger partial charge is 0.342 e. The van der Waals surface area contributed by atoms with Crippen LogP contribution < -0.4 is 5.56 Å². The normalized spacial score (nSPS) is 22.5. The van der Waals surface area contributed by atoms with Crippen molar-refractivity contribution in [3.8, 4) is 5.69 Å². The molecule has 4 rings (SSSR count). The second-order valence-electron chi connectivity index (χ2n) is 6.14. The smallest absolute Gasteiger partial charge is 0.275 e. The number of fused-ring (bicyclic) bond motifs is 1. The number of carbonyl (C=O) groups is 1. The molecule has 0 bridgehead atoms. The lowest BCUT2D eigenvalue weighted by Crippen LogP contribution is -2.34. The summed E-state index contributed by atoms with van der Waals surface area (Å²) in [6.07, 6.45) is 3.01. The fourth-order valence-corrected chi connectivity index (χ4v) is 3.21. The molecule has 1 saturated carbocycles. The number of amides is 1. The quantitative estimate of drug-likeness (QED) is 0.856. The SMILES string of the molecule is O=C(Cc1ccnn(-c2ccccc2)c1=O)N1CC2C[C@@H]2C1. The van der Waals surface area contributed by atoms with Gasteiger partial charge in [0.1, 0.15) is 0 Å². The van der Waals surface area contributed by atoms with Gasteiger partial charge >= 0.3 is 0 Å². The van der Waals surface area contributed by atoms with Gasteiger partial charge in [-0.25, -0.2) is 0 Å². The van der Waals surface area contributed by atoms with E-state index in [9.17, 15) is 9.59 Å². The summed E-state index contributed by atoms with van der Waals surface area (Å²) in [5, 5.41) is 4.11. The molecule has 1 saturated heterocycles. The van der Waals surface area contributed by atoms with Crippen molar-refractivity contribution in [3.05, 3.63) is 58.5 Å². The van der Waals surface area contributed by atoms with Gasteiger partial charge in [0.05, 0.1) is 12.1 Å². The Balaban J connectivity index is 1.57. The van der Waals surface area contributed by atoms with Crippen LogP contribution in [0.25, 0.3) is 5.69 Å². The molecule has 22 heavy (non-hydrogen) atoms. The van der Waals surface area contributed by atoms with Crippen LogP contribution in [0.4, 0.5) is 0 Å². The van der Waals surface area contributed by atoms with Gasteiger partial charge in [-0.1, -0.05) is 18.2 Å². The van der Waals surface area contributed by atoms with E-state index >= 15 is 0 Å². The Kier molecular flexibility index (Phi) is 3.06. The van der Waals surface area contributed by atoms with Crippen LogP contribution in [0.2, 0.25) is 0 Å². The fraction of sp³-hybridized carbons (Fsp3) is 0.353. The molecule has 1 unspecified atom stereocenters. The standard InChI is InChI=1S/C17H17N3O2/c21-16(19-10-13-8-14(13)11-19)9-12-6-7-18-20(17(12)22)15-4-2-1-3-5-15/h1-7,13-14H,8-11H2/t13-,14?/m1/s1. The van der Waals surface area contributed by atoms with Gasteiger partial charge in [0.2, 0.25) is 5.91 Å². The first-order valence-electron chi connectivity index (χ1n) is 7.63. The Morgan fingerprint density at radius 2 is 1.86 bits per heavy atom. The Bertz CT molecular complexity index is 759. The minimum absolute atomic E-state index is 0.0510. The topological polar surface area (TPSA) is 55.2 Å². The molecule has 2 heterocycles. The van der Waals surface area contributed by atoms with Crippen LogP contribution in [0.3, 0.4) is 0 Å². The molecule has 1 amide bonds. The second-order valence-corrected chi connectivity index (χ2v) is 6.14. The van der Waals surface area contributed by atoms with Gasteiger partial charge in [0, 0.05) is 24.8 Å². The maximum atomic E-state index is 12.5. The number of para-hydroxylation sites is 1. The third kappa shape index (κ3) is 2.32. The molecule has 1 aliphatic heterocycles. The lowest BCUT2D eigenvalue weighted by molar-refractivity contribution is -0.129. The highest BCUT2D eigenvalue weighted by atomic mass is 16.2. The van der Waals surface area contributed by atoms with E-state index in [1.807, 2.05) is 35.2 Å². The first-order chi connectivity index (χ1) is 10.7. The van der Waals surface area contributed by atoms with Crippen LogP contribution in [0.1, 0.15) is 12.0 Å². The van der Waals surface area contributed by atoms with Crippen LogP contribution in [0.5, 0.6) is 0 Å². The van der Waals surface area contributed by atoms with E-state index in [4.69, 9.17) is 0 Å². The summed E-state index contributed by atoms with van der Waals surface area (Å²) in [6.45, 7) is 1.73. The van der Waals surface area contributed by atoms with Gasteiger partial charge in [0.15, 0.2) is 0 Å². The molecule has 1 aromatic heterocycles. The van der Waals surface area contributed by atoms with Gasteiger partial charge in [-0.05, 0) is 36.5 Å². The van der Waals surface area contributed by atoms with Crippen molar-refractivity contribution in [2.24, 2.45) is 11.8 Å². The Morgan fingerprint density at radius 1 is 1.14 bits per heavy atom. The van der Waals surface area contributed by atoms with Crippen LogP contribution >= 0.6 is 0 Å². The van der Waals surface area contributed by atoms with Gasteiger partial charge in [0.25, 0.3) is 5.56 Å². The molecule has 5 heteroatoms. The monoisotopic (exact) mass is 295 g/mol. The van der Waals surface area contributed by atoms with Gasteiger partial charge in [-0.15, -0.1) is 0 Å². The number of rotatable bonds is 3. The van der Waals surface area contributed by atoms with E-state index in [2.05, 4.69) is 5.10 Å². The number of nitrogens with zero attached hydrogens (tertiary/aromatic N) is 3. The minimum Gasteiger partial charge on any atom is -0.342 e. The summed E-state index contributed by atoms with van der Waals surface area (Å²) < 4.78 is 1.35. The summed E-state index contributed by atoms with van der Waals surface area (Å²) in [5.74, 6) is 1.47. The van der Waals surface area contributed by atoms with Gasteiger partial charge in [-0.3, -0.25) is 9.59 Å². The number of benzene rings is 1. The number of likely N-dealkylation sites (tertiary alicyclic amines) is 1. The summed E-state index contributed by atoms with van der Waals surface area (Å²) in [6, 6.07) is 10.9. The second kappa shape index (κ2) is 5.09. The Hall–Kier alpha value is -2.43. The Morgan fingerprint density at radius 3 is 2.59 bits per heavy atom. The van der Waals surface area contributed by atoms with Crippen LogP contribution in [-0.2, 0) is 11.2 Å². The highest BCUT2D eigenvalue weighted by Crippen LogP contribution is 2.44. The first kappa shape index (κ1) is 13.2. The average Bonchev–Trinajstić information content (AvgIpc) is 3.16. The number of aromatic nitrogens is 2. The molecule has 0 spiro atoms. The number of piperidine rings is 1. The van der Waals surface area contributed by atoms with Crippen molar-refractivity contribution in [3.63, 3.8) is 0 Å². The number of hydrogen-bond donors (Lipinski definition) is 0. The third-order valence-electron chi connectivity index (χ3n) is 4.60. The summed E-state index contributed by atoms with van der Waals surface area (Å²) in [5.41, 5.74) is 1.00. The lowest BCUT2D eigenvalue weighted by atomic mass is 10.2. The van der Waals surface area contributed by atoms with Crippen molar-refractivity contribution in [1.29, 1.82) is 0 Å². The molecule has 2 atom stereocenters. The summed E-state index contributed by atoms with van der Waals surface area (Å²) in [4.78, 5) is 26.8. The number of hydrogen-bond acceptors (Lipinski definition) is 3. The third-order valence-corrected chi connectivity index (χ3v) is 4.60. The molecule has 0 N–H and O–H groups in total. The predicted molar refractivity (Wildman–Crippen MR) is 81.7 cm³/mol. The maximum Gasteiger partial charge on any atom is 0.275 e. The fourth-order valence-electron chi connectivity index (χ4n) is 3.21. The zero-order valence-electron chi connectivity index (χ0n) is 12.2. The number of carbonyl (C=O) groups excluding carboxylic acids is 1. The zero-order chi connectivity index (χ0) is 15.1. The van der Waals surface area contributed by atoms with Crippen molar-refractivity contribution in [2.75, 3.05) is 13.1 Å². The van der Waals surface area contributed by atoms with E-state index in [0.29, 0.717) is 23.1 Å². The first-order valence-corrected chi connectivity index (χ1v) is 7.63. The van der Waals surface area contributed by atoms with Crippen molar-refractivity contribution in [2.45, 2.75) is 12.8 Å². The molecule has 1 aromatic carbocycles. The van der Waals surface area contributed by atoms with E-state index < -0.39 is 0 Å². The molecule has 0 radical (unpaired) electrons. The zero-order valence-corrected chi connectivity index (χ0v) is 12.2. The highest BCUT2D eigenvalue weighted by Gasteiger charge is 2.46. The molecule has 2 aromatic rings. The molecule has 2 fully saturated rings.